The van der Waals surface area contributed by atoms with E-state index in [9.17, 15) is 9.59 Å². The van der Waals surface area contributed by atoms with Crippen molar-refractivity contribution in [2.45, 2.75) is 64.0 Å². The molecule has 0 radical (unpaired) electrons. The first-order valence-electron chi connectivity index (χ1n) is 10.1. The quantitative estimate of drug-likeness (QED) is 0.832. The molecule has 0 aromatic rings. The van der Waals surface area contributed by atoms with E-state index in [1.807, 2.05) is 16.7 Å². The topological polar surface area (TPSA) is 61.9 Å². The van der Waals surface area contributed by atoms with Gasteiger partial charge in [0.15, 0.2) is 0 Å². The summed E-state index contributed by atoms with van der Waals surface area (Å²) in [5.74, 6) is 1.13. The summed E-state index contributed by atoms with van der Waals surface area (Å²) >= 11 is 0. The van der Waals surface area contributed by atoms with E-state index in [0.717, 1.165) is 18.9 Å². The molecule has 2 aliphatic heterocycles. The number of carbonyl (C=O) groups excluding carboxylic acids is 2. The fourth-order valence-corrected chi connectivity index (χ4v) is 4.34. The van der Waals surface area contributed by atoms with Crippen LogP contribution in [-0.2, 0) is 14.3 Å². The minimum atomic E-state index is -0.248. The van der Waals surface area contributed by atoms with Crippen LogP contribution in [0.15, 0.2) is 0 Å². The van der Waals surface area contributed by atoms with Gasteiger partial charge in [-0.1, -0.05) is 32.1 Å². The van der Waals surface area contributed by atoms with Gasteiger partial charge in [0.2, 0.25) is 11.8 Å². The van der Waals surface area contributed by atoms with Crippen LogP contribution in [-0.4, -0.2) is 73.1 Å². The summed E-state index contributed by atoms with van der Waals surface area (Å²) in [5.41, 5.74) is 0. The molecule has 0 unspecified atom stereocenters. The molecule has 3 aliphatic rings. The molecule has 2 amide bonds. The zero-order chi connectivity index (χ0) is 17.6. The highest BCUT2D eigenvalue weighted by atomic mass is 16.5. The molecule has 3 fully saturated rings. The largest absolute Gasteiger partial charge is 0.375 e. The Morgan fingerprint density at radius 3 is 2.40 bits per heavy atom. The van der Waals surface area contributed by atoms with Crippen LogP contribution in [0.1, 0.15) is 51.9 Å². The lowest BCUT2D eigenvalue weighted by Crippen LogP contribution is -2.60. The second-order valence-electron chi connectivity index (χ2n) is 7.76. The molecular formula is C19H33N3O3. The van der Waals surface area contributed by atoms with Crippen molar-refractivity contribution in [1.29, 1.82) is 0 Å². The van der Waals surface area contributed by atoms with Crippen LogP contribution < -0.4 is 5.32 Å². The van der Waals surface area contributed by atoms with E-state index in [2.05, 4.69) is 5.32 Å². The smallest absolute Gasteiger partial charge is 0.242 e. The van der Waals surface area contributed by atoms with Crippen LogP contribution >= 0.6 is 0 Å². The van der Waals surface area contributed by atoms with E-state index in [4.69, 9.17) is 4.74 Å². The summed E-state index contributed by atoms with van der Waals surface area (Å²) in [6.45, 7) is 5.93. The Bertz CT molecular complexity index is 457. The molecule has 2 atom stereocenters. The molecule has 1 aliphatic carbocycles. The number of hydrogen-bond donors (Lipinski definition) is 1. The van der Waals surface area contributed by atoms with Crippen molar-refractivity contribution in [3.05, 3.63) is 0 Å². The first kappa shape index (κ1) is 18.6. The summed E-state index contributed by atoms with van der Waals surface area (Å²) in [6, 6.07) is -0.248. The predicted molar refractivity (Wildman–Crippen MR) is 96.2 cm³/mol. The van der Waals surface area contributed by atoms with Crippen molar-refractivity contribution in [2.75, 3.05) is 39.3 Å². The molecule has 6 heteroatoms. The third-order valence-corrected chi connectivity index (χ3v) is 6.02. The molecule has 6 nitrogen and oxygen atoms in total. The Morgan fingerprint density at radius 1 is 1.04 bits per heavy atom. The second kappa shape index (κ2) is 8.99. The second-order valence-corrected chi connectivity index (χ2v) is 7.76. The van der Waals surface area contributed by atoms with Gasteiger partial charge in [0.25, 0.3) is 0 Å². The maximum atomic E-state index is 12.7. The monoisotopic (exact) mass is 351 g/mol. The van der Waals surface area contributed by atoms with Gasteiger partial charge >= 0.3 is 0 Å². The van der Waals surface area contributed by atoms with Gasteiger partial charge in [-0.25, -0.2) is 0 Å². The van der Waals surface area contributed by atoms with Crippen molar-refractivity contribution < 1.29 is 14.3 Å². The molecule has 2 saturated heterocycles. The van der Waals surface area contributed by atoms with Crippen molar-refractivity contribution in [2.24, 2.45) is 5.92 Å². The SMILES string of the molecule is C[C@H]1OCCN[C@@H]1C(=O)N1CCN(C(=O)CCC2CCCCC2)CC1. The summed E-state index contributed by atoms with van der Waals surface area (Å²) < 4.78 is 5.58. The number of piperazine rings is 1. The van der Waals surface area contributed by atoms with Gasteiger partial charge in [-0.3, -0.25) is 9.59 Å². The summed E-state index contributed by atoms with van der Waals surface area (Å²) in [7, 11) is 0. The Kier molecular flexibility index (Phi) is 6.70. The third kappa shape index (κ3) is 4.94. The normalized spacial score (nSPS) is 28.8. The van der Waals surface area contributed by atoms with Gasteiger partial charge in [-0.2, -0.15) is 0 Å². The average Bonchev–Trinajstić information content (AvgIpc) is 2.67. The van der Waals surface area contributed by atoms with Crippen LogP contribution in [0.25, 0.3) is 0 Å². The molecule has 0 spiro atoms. The van der Waals surface area contributed by atoms with Crippen LogP contribution in [0.5, 0.6) is 0 Å². The van der Waals surface area contributed by atoms with E-state index in [1.54, 1.807) is 0 Å². The lowest BCUT2D eigenvalue weighted by atomic mass is 9.86. The van der Waals surface area contributed by atoms with E-state index in [0.29, 0.717) is 39.2 Å². The molecule has 1 saturated carbocycles. The molecule has 0 bridgehead atoms. The summed E-state index contributed by atoms with van der Waals surface area (Å²) in [6.07, 6.45) is 8.24. The van der Waals surface area contributed by atoms with E-state index in [-0.39, 0.29) is 24.0 Å². The first-order chi connectivity index (χ1) is 12.1. The average molecular weight is 351 g/mol. The fraction of sp³-hybridized carbons (Fsp3) is 0.895. The van der Waals surface area contributed by atoms with Crippen molar-refractivity contribution in [1.82, 2.24) is 15.1 Å². The number of ether oxygens (including phenoxy) is 1. The van der Waals surface area contributed by atoms with Gasteiger partial charge in [0.1, 0.15) is 6.04 Å². The summed E-state index contributed by atoms with van der Waals surface area (Å²) in [5, 5.41) is 3.26. The molecular weight excluding hydrogens is 318 g/mol. The molecule has 2 heterocycles. The Morgan fingerprint density at radius 2 is 1.72 bits per heavy atom. The predicted octanol–water partition coefficient (Wildman–Crippen LogP) is 1.39. The van der Waals surface area contributed by atoms with Crippen LogP contribution in [0.4, 0.5) is 0 Å². The van der Waals surface area contributed by atoms with Crippen LogP contribution in [0.2, 0.25) is 0 Å². The lowest BCUT2D eigenvalue weighted by molar-refractivity contribution is -0.145. The molecule has 3 rings (SSSR count). The molecule has 0 aromatic carbocycles. The Balaban J connectivity index is 1.40. The maximum Gasteiger partial charge on any atom is 0.242 e. The lowest BCUT2D eigenvalue weighted by Gasteiger charge is -2.39. The number of nitrogens with one attached hydrogen (secondary N) is 1. The standard InChI is InChI=1S/C19H33N3O3/c1-15-18(20-9-14-25-15)19(24)22-12-10-21(11-13-22)17(23)8-7-16-5-3-2-4-6-16/h15-16,18,20H,2-14H2,1H3/t15-,18+/m1/s1. The minimum absolute atomic E-state index is 0.0867. The van der Waals surface area contributed by atoms with Gasteiger partial charge < -0.3 is 19.9 Å². The molecule has 25 heavy (non-hydrogen) atoms. The number of hydrogen-bond acceptors (Lipinski definition) is 4. The zero-order valence-corrected chi connectivity index (χ0v) is 15.5. The number of amides is 2. The molecule has 0 aromatic heterocycles. The molecule has 142 valence electrons. The van der Waals surface area contributed by atoms with Crippen LogP contribution in [0.3, 0.4) is 0 Å². The van der Waals surface area contributed by atoms with Gasteiger partial charge in [0, 0.05) is 39.1 Å². The Hall–Kier alpha value is -1.14. The number of morpholine rings is 1. The highest BCUT2D eigenvalue weighted by Crippen LogP contribution is 2.27. The highest BCUT2D eigenvalue weighted by molar-refractivity contribution is 5.83. The van der Waals surface area contributed by atoms with Crippen molar-refractivity contribution in [3.63, 3.8) is 0 Å². The van der Waals surface area contributed by atoms with Gasteiger partial charge in [-0.05, 0) is 19.3 Å². The van der Waals surface area contributed by atoms with Crippen molar-refractivity contribution >= 4 is 11.8 Å². The maximum absolute atomic E-state index is 12.7. The fourth-order valence-electron chi connectivity index (χ4n) is 4.34. The van der Waals surface area contributed by atoms with Crippen molar-refractivity contribution in [3.8, 4) is 0 Å². The van der Waals surface area contributed by atoms with E-state index in [1.165, 1.54) is 32.1 Å². The first-order valence-corrected chi connectivity index (χ1v) is 10.1. The van der Waals surface area contributed by atoms with E-state index < -0.39 is 0 Å². The number of nitrogens with zero attached hydrogens (tertiary/aromatic N) is 2. The summed E-state index contributed by atoms with van der Waals surface area (Å²) in [4.78, 5) is 28.9. The zero-order valence-electron chi connectivity index (χ0n) is 15.5. The number of rotatable bonds is 4. The highest BCUT2D eigenvalue weighted by Gasteiger charge is 2.33. The van der Waals surface area contributed by atoms with Gasteiger partial charge in [0.05, 0.1) is 12.7 Å². The number of carbonyl (C=O) groups is 2. The molecule has 1 N–H and O–H groups in total. The van der Waals surface area contributed by atoms with Crippen LogP contribution in [0, 0.1) is 5.92 Å². The third-order valence-electron chi connectivity index (χ3n) is 6.02. The Labute approximate surface area is 151 Å². The minimum Gasteiger partial charge on any atom is -0.375 e. The van der Waals surface area contributed by atoms with Gasteiger partial charge in [-0.15, -0.1) is 0 Å². The van der Waals surface area contributed by atoms with E-state index >= 15 is 0 Å².